The van der Waals surface area contributed by atoms with Gasteiger partial charge in [0, 0.05) is 67.8 Å². The molecule has 0 fully saturated rings. The molecule has 68 heavy (non-hydrogen) atoms. The van der Waals surface area contributed by atoms with Crippen molar-refractivity contribution in [2.75, 3.05) is 5.73 Å². The highest BCUT2D eigenvalue weighted by molar-refractivity contribution is 9.10. The highest BCUT2D eigenvalue weighted by Crippen LogP contribution is 2.31. The highest BCUT2D eigenvalue weighted by atomic mass is 79.9. The molecule has 2 heterocycles. The molecule has 0 atom stereocenters. The molecule has 0 aliphatic rings. The number of ketones is 2. The molecule has 2 aromatic heterocycles. The number of benzene rings is 5. The first-order valence-electron chi connectivity index (χ1n) is 20.1. The molecular weight excluding hydrogens is 1060 g/mol. The first kappa shape index (κ1) is 56.3. The van der Waals surface area contributed by atoms with Crippen molar-refractivity contribution in [3.63, 3.8) is 0 Å². The zero-order chi connectivity index (χ0) is 51.1. The lowest BCUT2D eigenvalue weighted by Gasteiger charge is -2.27. The fourth-order valence-electron chi connectivity index (χ4n) is 5.67. The molecule has 0 radical (unpaired) electrons. The Bertz CT molecular complexity index is 3070. The van der Waals surface area contributed by atoms with Crippen LogP contribution < -0.4 is 5.73 Å². The van der Waals surface area contributed by atoms with Crippen LogP contribution >= 0.6 is 66.7 Å². The number of carboxylic acids is 1. The molecule has 4 N–H and O–H groups in total. The molecule has 0 saturated heterocycles. The lowest BCUT2D eigenvalue weighted by Crippen LogP contribution is -2.36. The average molecular weight is 1110 g/mol. The third-order valence-corrected chi connectivity index (χ3v) is 11.4. The van der Waals surface area contributed by atoms with E-state index in [2.05, 4.69) is 51.4 Å². The number of H-pyrrole nitrogens is 1. The zero-order valence-electron chi connectivity index (χ0n) is 37.6. The standard InChI is InChI=1S/C20H16ClFN2O.C12H11BrClNO.C8H6FN.C7H5ClN2.C4H7BrO2/c1-20(2,24-9-8-14-12-15(22)5-7-18(14)24)19(25)11-13-4-6-17(23-3)16(21)10-13;1-12(2,13)11(16)7-8-4-5-10(15-3)9(14)6-8;9-7-1-2-8-6(5-7)3-4-10-8;1-10-7-3-2-5(9)4-6(7)8;1-4(2,5)3(6)7/h4-10,12H,11H2,1-2H3;4-6H,7H2,1-2H3;1-5,10H;2-4H,9H2;1-2H3,(H,6,7). The quantitative estimate of drug-likeness (QED) is 0.0792. The number of rotatable bonds is 8. The van der Waals surface area contributed by atoms with Crippen LogP contribution in [-0.4, -0.2) is 40.8 Å². The summed E-state index contributed by atoms with van der Waals surface area (Å²) in [4.78, 5) is 47.4. The van der Waals surface area contributed by atoms with Crippen LogP contribution in [0.2, 0.25) is 15.1 Å². The molecule has 5 aromatic carbocycles. The van der Waals surface area contributed by atoms with Crippen LogP contribution in [0.4, 0.5) is 31.5 Å². The largest absolute Gasteiger partial charge is 0.480 e. The number of nitrogens with one attached hydrogen (secondary N) is 1. The van der Waals surface area contributed by atoms with Crippen LogP contribution in [0.25, 0.3) is 36.3 Å². The van der Waals surface area contributed by atoms with Crippen molar-refractivity contribution in [1.29, 1.82) is 0 Å². The summed E-state index contributed by atoms with van der Waals surface area (Å²) in [7, 11) is 0. The SMILES string of the molecule is CC(C)(Br)C(=O)O.Fc1ccc2[nH]ccc2c1.[C-]#[N+]c1ccc(CC(=O)C(C)(C)Br)cc1Cl.[C-]#[N+]c1ccc(CC(=O)C(C)(C)n2ccc3cc(F)ccc32)cc1Cl.[C-]#[N+]c1ccc(N)cc1Cl. The summed E-state index contributed by atoms with van der Waals surface area (Å²) in [6.07, 6.45) is 4.11. The first-order valence-corrected chi connectivity index (χ1v) is 22.9. The zero-order valence-corrected chi connectivity index (χ0v) is 43.0. The summed E-state index contributed by atoms with van der Waals surface area (Å²) in [6, 6.07) is 27.8. The van der Waals surface area contributed by atoms with Gasteiger partial charge in [0.2, 0.25) is 17.1 Å². The number of aromatic amines is 1. The van der Waals surface area contributed by atoms with E-state index < -0.39 is 20.2 Å². The Balaban J connectivity index is 0.000000244. The maximum absolute atomic E-state index is 13.4. The van der Waals surface area contributed by atoms with Crippen LogP contribution in [0.1, 0.15) is 52.7 Å². The number of hydrogen-bond acceptors (Lipinski definition) is 4. The molecule has 0 spiro atoms. The number of hydrogen-bond donors (Lipinski definition) is 3. The number of fused-ring (bicyclic) bond motifs is 2. The van der Waals surface area contributed by atoms with Crippen LogP contribution in [0.15, 0.2) is 116 Å². The minimum Gasteiger partial charge on any atom is -0.480 e. The molecule has 0 aliphatic heterocycles. The summed E-state index contributed by atoms with van der Waals surface area (Å²) < 4.78 is 26.4. The Morgan fingerprint density at radius 3 is 1.56 bits per heavy atom. The Hall–Kier alpha value is -6.05. The number of nitrogen functional groups attached to an aromatic ring is 1. The lowest BCUT2D eigenvalue weighted by atomic mass is 9.93. The van der Waals surface area contributed by atoms with Crippen molar-refractivity contribution < 1.29 is 28.3 Å². The number of anilines is 1. The minimum absolute atomic E-state index is 0.000883. The third-order valence-electron chi connectivity index (χ3n) is 9.71. The Labute approximate surface area is 425 Å². The number of carboxylic acid groups (broad SMARTS) is 1. The lowest BCUT2D eigenvalue weighted by molar-refractivity contribution is -0.138. The monoisotopic (exact) mass is 1110 g/mol. The van der Waals surface area contributed by atoms with Crippen molar-refractivity contribution in [3.8, 4) is 0 Å². The van der Waals surface area contributed by atoms with Crippen LogP contribution in [0, 0.1) is 31.4 Å². The summed E-state index contributed by atoms with van der Waals surface area (Å²) >= 11 is 23.8. The van der Waals surface area contributed by atoms with E-state index in [4.69, 9.17) is 65.4 Å². The number of carbonyl (C=O) groups excluding carboxylic acids is 2. The molecule has 352 valence electrons. The van der Waals surface area contributed by atoms with Gasteiger partial charge >= 0.3 is 5.97 Å². The van der Waals surface area contributed by atoms with Gasteiger partial charge in [0.1, 0.15) is 16.0 Å². The van der Waals surface area contributed by atoms with E-state index in [0.717, 1.165) is 32.9 Å². The molecule has 17 heteroatoms. The van der Waals surface area contributed by atoms with Gasteiger partial charge in [0.05, 0.1) is 29.6 Å². The van der Waals surface area contributed by atoms with Gasteiger partial charge in [-0.1, -0.05) is 109 Å². The molecule has 0 bridgehead atoms. The van der Waals surface area contributed by atoms with Gasteiger partial charge < -0.3 is 20.4 Å². The fourth-order valence-corrected chi connectivity index (χ4v) is 6.53. The average Bonchev–Trinajstić information content (AvgIpc) is 3.91. The van der Waals surface area contributed by atoms with E-state index in [1.54, 1.807) is 99.0 Å². The number of aromatic nitrogens is 2. The van der Waals surface area contributed by atoms with Crippen molar-refractivity contribution in [3.05, 3.63) is 188 Å². The van der Waals surface area contributed by atoms with E-state index in [0.29, 0.717) is 44.2 Å². The summed E-state index contributed by atoms with van der Waals surface area (Å²) in [5.41, 5.74) is 9.77. The number of nitrogens with zero attached hydrogens (tertiary/aromatic N) is 4. The number of aliphatic carboxylic acids is 1. The second kappa shape index (κ2) is 24.8. The van der Waals surface area contributed by atoms with Crippen molar-refractivity contribution in [2.24, 2.45) is 0 Å². The van der Waals surface area contributed by atoms with Gasteiger partial charge in [-0.2, -0.15) is 0 Å². The van der Waals surface area contributed by atoms with Gasteiger partial charge in [-0.3, -0.25) is 14.4 Å². The topological polar surface area (TPSA) is 131 Å². The number of carbonyl (C=O) groups is 3. The second-order valence-corrected chi connectivity index (χ2v) is 21.4. The normalized spacial score (nSPS) is 10.8. The molecule has 0 amide bonds. The first-order chi connectivity index (χ1) is 31.7. The Morgan fingerprint density at radius 1 is 0.647 bits per heavy atom. The van der Waals surface area contributed by atoms with E-state index >= 15 is 0 Å². The molecule has 10 nitrogen and oxygen atoms in total. The maximum atomic E-state index is 13.4. The Morgan fingerprint density at radius 2 is 1.10 bits per heavy atom. The van der Waals surface area contributed by atoms with Gasteiger partial charge in [0.25, 0.3) is 0 Å². The molecule has 0 saturated carbocycles. The van der Waals surface area contributed by atoms with Crippen LogP contribution in [0.3, 0.4) is 0 Å². The van der Waals surface area contributed by atoms with E-state index in [1.165, 1.54) is 24.3 Å². The van der Waals surface area contributed by atoms with Gasteiger partial charge in [0.15, 0.2) is 11.6 Å². The maximum Gasteiger partial charge on any atom is 0.319 e. The summed E-state index contributed by atoms with van der Waals surface area (Å²) in [5, 5.41) is 11.0. The van der Waals surface area contributed by atoms with Gasteiger partial charge in [-0.05, 0) is 113 Å². The van der Waals surface area contributed by atoms with Gasteiger partial charge in [-0.25, -0.2) is 23.3 Å². The molecule has 0 aliphatic carbocycles. The Kier molecular flexibility index (Phi) is 20.5. The van der Waals surface area contributed by atoms with Gasteiger partial charge in [-0.15, -0.1) is 0 Å². The molecule has 0 unspecified atom stereocenters. The molecule has 7 aromatic rings. The van der Waals surface area contributed by atoms with Crippen molar-refractivity contribution in [1.82, 2.24) is 9.55 Å². The predicted octanol–water partition coefficient (Wildman–Crippen LogP) is 15.7. The highest BCUT2D eigenvalue weighted by Gasteiger charge is 2.30. The fraction of sp³-hybridized carbons (Fsp3) is 0.216. The predicted molar refractivity (Wildman–Crippen MR) is 278 cm³/mol. The third kappa shape index (κ3) is 16.6. The van der Waals surface area contributed by atoms with Crippen LogP contribution in [0.5, 0.6) is 0 Å². The van der Waals surface area contributed by atoms with E-state index in [-0.39, 0.29) is 29.6 Å². The molecular formula is C51H45Br2Cl3F2N6O4. The van der Waals surface area contributed by atoms with Crippen LogP contribution in [-0.2, 0) is 32.8 Å². The van der Waals surface area contributed by atoms with E-state index in [1.807, 2.05) is 38.3 Å². The second-order valence-electron chi connectivity index (χ2n) is 16.2. The summed E-state index contributed by atoms with van der Waals surface area (Å²) in [5.74, 6) is -1.25. The minimum atomic E-state index is -0.840. The number of alkyl halides is 2. The van der Waals surface area contributed by atoms with Crippen molar-refractivity contribution >= 4 is 129 Å². The molecule has 7 rings (SSSR count). The summed E-state index contributed by atoms with van der Waals surface area (Å²) in [6.45, 7) is 31.0. The number of nitrogens with two attached hydrogens (primary N) is 1. The number of halogens is 7. The van der Waals surface area contributed by atoms with Crippen molar-refractivity contribution in [2.45, 2.75) is 68.6 Å². The smallest absolute Gasteiger partial charge is 0.319 e. The van der Waals surface area contributed by atoms with E-state index in [9.17, 15) is 23.2 Å². The number of Topliss-reactive ketones (excluding diaryl/α,β-unsaturated/α-hetero) is 2.